The first kappa shape index (κ1) is 7.18. The topological polar surface area (TPSA) is 12.9 Å². The first-order chi connectivity index (χ1) is 5.25. The average molecular weight is 232 g/mol. The molecule has 2 rings (SSSR count). The molecule has 0 fully saturated rings. The van der Waals surface area contributed by atoms with Gasteiger partial charge in [-0.3, -0.25) is 0 Å². The van der Waals surface area contributed by atoms with Crippen LogP contribution in [0.25, 0.3) is 10.2 Å². The van der Waals surface area contributed by atoms with E-state index in [1.54, 1.807) is 6.07 Å². The van der Waals surface area contributed by atoms with Crippen molar-refractivity contribution in [1.29, 1.82) is 0 Å². The highest BCUT2D eigenvalue weighted by atomic mass is 79.9. The molecule has 11 heavy (non-hydrogen) atoms. The van der Waals surface area contributed by atoms with Crippen LogP contribution in [-0.4, -0.2) is 4.98 Å². The molecule has 4 heteroatoms. The summed E-state index contributed by atoms with van der Waals surface area (Å²) in [6.45, 7) is 0. The Morgan fingerprint density at radius 1 is 1.45 bits per heavy atom. The Balaban J connectivity index is 2.82. The first-order valence-corrected chi connectivity index (χ1v) is 4.58. The van der Waals surface area contributed by atoms with E-state index in [2.05, 4.69) is 20.9 Å². The van der Waals surface area contributed by atoms with Crippen LogP contribution in [0.3, 0.4) is 0 Å². The van der Waals surface area contributed by atoms with E-state index in [0.29, 0.717) is 0 Å². The zero-order chi connectivity index (χ0) is 7.84. The van der Waals surface area contributed by atoms with Crippen LogP contribution >= 0.6 is 27.3 Å². The summed E-state index contributed by atoms with van der Waals surface area (Å²) < 4.78 is 14.3. The Bertz CT molecular complexity index is 398. The number of nitrogens with zero attached hydrogens (tertiary/aromatic N) is 1. The smallest absolute Gasteiger partial charge is 0.160 e. The van der Waals surface area contributed by atoms with Crippen LogP contribution in [0.15, 0.2) is 22.1 Å². The molecular weight excluding hydrogens is 229 g/mol. The van der Waals surface area contributed by atoms with Crippen molar-refractivity contribution in [2.75, 3.05) is 0 Å². The zero-order valence-electron chi connectivity index (χ0n) is 5.34. The lowest BCUT2D eigenvalue weighted by atomic mass is 10.3. The molecule has 0 unspecified atom stereocenters. The predicted octanol–water partition coefficient (Wildman–Crippen LogP) is 3.20. The highest BCUT2D eigenvalue weighted by molar-refractivity contribution is 9.11. The summed E-state index contributed by atoms with van der Waals surface area (Å²) in [4.78, 5) is 4.12. The van der Waals surface area contributed by atoms with Gasteiger partial charge in [-0.1, -0.05) is 0 Å². The van der Waals surface area contributed by atoms with Gasteiger partial charge < -0.3 is 0 Å². The lowest BCUT2D eigenvalue weighted by molar-refractivity contribution is 0.630. The fourth-order valence-electron chi connectivity index (χ4n) is 0.870. The van der Waals surface area contributed by atoms with Crippen molar-refractivity contribution >= 4 is 37.5 Å². The van der Waals surface area contributed by atoms with E-state index in [1.807, 2.05) is 0 Å². The summed E-state index contributed by atoms with van der Waals surface area (Å²) in [7, 11) is 0. The van der Waals surface area contributed by atoms with Gasteiger partial charge in [0.1, 0.15) is 5.82 Å². The van der Waals surface area contributed by atoms with Crippen LogP contribution in [0, 0.1) is 5.82 Å². The van der Waals surface area contributed by atoms with Crippen molar-refractivity contribution < 1.29 is 4.39 Å². The van der Waals surface area contributed by atoms with Crippen LogP contribution in [0.5, 0.6) is 0 Å². The van der Waals surface area contributed by atoms with Crippen LogP contribution in [-0.2, 0) is 0 Å². The van der Waals surface area contributed by atoms with E-state index >= 15 is 0 Å². The van der Waals surface area contributed by atoms with E-state index in [-0.39, 0.29) is 5.82 Å². The van der Waals surface area contributed by atoms with E-state index in [1.165, 1.54) is 23.5 Å². The van der Waals surface area contributed by atoms with Crippen molar-refractivity contribution in [3.05, 3.63) is 27.9 Å². The normalized spacial score (nSPS) is 10.7. The van der Waals surface area contributed by atoms with Gasteiger partial charge in [0.15, 0.2) is 3.92 Å². The summed E-state index contributed by atoms with van der Waals surface area (Å²) in [5.41, 5.74) is 0.836. The molecule has 0 aliphatic rings. The lowest BCUT2D eigenvalue weighted by Gasteiger charge is -1.85. The molecule has 2 aromatic rings. The number of rotatable bonds is 0. The Morgan fingerprint density at radius 2 is 2.27 bits per heavy atom. The van der Waals surface area contributed by atoms with E-state index < -0.39 is 0 Å². The number of hydrogen-bond acceptors (Lipinski definition) is 2. The van der Waals surface area contributed by atoms with Crippen LogP contribution < -0.4 is 0 Å². The molecule has 0 bridgehead atoms. The van der Waals surface area contributed by atoms with Gasteiger partial charge in [-0.2, -0.15) is 0 Å². The number of thiazole rings is 1. The minimum Gasteiger partial charge on any atom is -0.229 e. The monoisotopic (exact) mass is 231 g/mol. The summed E-state index contributed by atoms with van der Waals surface area (Å²) in [6, 6.07) is 4.57. The Labute approximate surface area is 75.0 Å². The van der Waals surface area contributed by atoms with Gasteiger partial charge in [0.05, 0.1) is 10.2 Å². The number of fused-ring (bicyclic) bond motifs is 1. The summed E-state index contributed by atoms with van der Waals surface area (Å²) in [5, 5.41) is 0. The van der Waals surface area contributed by atoms with Gasteiger partial charge in [-0.15, -0.1) is 11.3 Å². The van der Waals surface area contributed by atoms with Gasteiger partial charge in [0, 0.05) is 0 Å². The summed E-state index contributed by atoms with van der Waals surface area (Å²) in [5.74, 6) is -0.214. The maximum atomic E-state index is 12.6. The Hall–Kier alpha value is -0.480. The number of halogens is 2. The highest BCUT2D eigenvalue weighted by Crippen LogP contribution is 2.26. The van der Waals surface area contributed by atoms with Gasteiger partial charge >= 0.3 is 0 Å². The summed E-state index contributed by atoms with van der Waals surface area (Å²) in [6.07, 6.45) is 0. The quantitative estimate of drug-likeness (QED) is 0.679. The fourth-order valence-corrected chi connectivity index (χ4v) is 2.30. The second kappa shape index (κ2) is 2.53. The molecule has 0 saturated heterocycles. The van der Waals surface area contributed by atoms with Crippen molar-refractivity contribution in [3.8, 4) is 0 Å². The standard InChI is InChI=1S/C7H3BrFNS/c8-7-10-5-2-1-4(9)3-6(5)11-7/h1-3H. The van der Waals surface area contributed by atoms with Crippen molar-refractivity contribution in [1.82, 2.24) is 4.98 Å². The molecule has 1 aromatic carbocycles. The average Bonchev–Trinajstić information content (AvgIpc) is 2.27. The van der Waals surface area contributed by atoms with Gasteiger partial charge in [-0.05, 0) is 34.1 Å². The molecule has 0 radical (unpaired) electrons. The minimum atomic E-state index is -0.214. The van der Waals surface area contributed by atoms with Gasteiger partial charge in [-0.25, -0.2) is 9.37 Å². The maximum Gasteiger partial charge on any atom is 0.160 e. The Morgan fingerprint density at radius 3 is 3.09 bits per heavy atom. The Kier molecular flexibility index (Phi) is 1.65. The van der Waals surface area contributed by atoms with Crippen molar-refractivity contribution in [2.24, 2.45) is 0 Å². The molecular formula is C7H3BrFNS. The number of benzene rings is 1. The largest absolute Gasteiger partial charge is 0.229 e. The molecule has 1 nitrogen and oxygen atoms in total. The van der Waals surface area contributed by atoms with Crippen LogP contribution in [0.2, 0.25) is 0 Å². The molecule has 0 N–H and O–H groups in total. The third-order valence-corrected chi connectivity index (χ3v) is 2.79. The van der Waals surface area contributed by atoms with E-state index in [0.717, 1.165) is 14.1 Å². The lowest BCUT2D eigenvalue weighted by Crippen LogP contribution is -1.70. The molecule has 0 aliphatic heterocycles. The highest BCUT2D eigenvalue weighted by Gasteiger charge is 2.00. The number of aromatic nitrogens is 1. The molecule has 0 amide bonds. The molecule has 0 spiro atoms. The minimum absolute atomic E-state index is 0.214. The van der Waals surface area contributed by atoms with E-state index in [9.17, 15) is 4.39 Å². The number of hydrogen-bond donors (Lipinski definition) is 0. The van der Waals surface area contributed by atoms with E-state index in [4.69, 9.17) is 0 Å². The molecule has 1 aromatic heterocycles. The molecule has 56 valence electrons. The maximum absolute atomic E-state index is 12.6. The molecule has 1 heterocycles. The van der Waals surface area contributed by atoms with Crippen molar-refractivity contribution in [2.45, 2.75) is 0 Å². The van der Waals surface area contributed by atoms with Crippen molar-refractivity contribution in [3.63, 3.8) is 0 Å². The van der Waals surface area contributed by atoms with Gasteiger partial charge in [0.2, 0.25) is 0 Å². The second-order valence-electron chi connectivity index (χ2n) is 2.08. The fraction of sp³-hybridized carbons (Fsp3) is 0. The molecule has 0 aliphatic carbocycles. The zero-order valence-corrected chi connectivity index (χ0v) is 7.75. The molecule has 0 atom stereocenters. The third kappa shape index (κ3) is 1.28. The second-order valence-corrected chi connectivity index (χ2v) is 4.39. The molecule has 0 saturated carbocycles. The van der Waals surface area contributed by atoms with Crippen LogP contribution in [0.4, 0.5) is 4.39 Å². The summed E-state index contributed by atoms with van der Waals surface area (Å²) >= 11 is 4.67. The SMILES string of the molecule is Fc1ccc2nc(Br)sc2c1. The third-order valence-electron chi connectivity index (χ3n) is 1.32. The predicted molar refractivity (Wildman–Crippen MR) is 47.3 cm³/mol. The van der Waals surface area contributed by atoms with Crippen LogP contribution in [0.1, 0.15) is 0 Å². The van der Waals surface area contributed by atoms with Gasteiger partial charge in [0.25, 0.3) is 0 Å². The first-order valence-electron chi connectivity index (χ1n) is 2.97.